The van der Waals surface area contributed by atoms with Gasteiger partial charge in [-0.15, -0.1) is 0 Å². The third-order valence-electron chi connectivity index (χ3n) is 10.9. The molecule has 0 saturated carbocycles. The van der Waals surface area contributed by atoms with Gasteiger partial charge in [-0.05, 0) is 47.0 Å². The Labute approximate surface area is 329 Å². The second-order valence-corrected chi connectivity index (χ2v) is 14.3. The summed E-state index contributed by atoms with van der Waals surface area (Å²) in [6.45, 7) is 0. The van der Waals surface area contributed by atoms with E-state index in [0.29, 0.717) is 5.82 Å². The van der Waals surface area contributed by atoms with Gasteiger partial charge < -0.3 is 4.42 Å². The number of pyridine rings is 1. The van der Waals surface area contributed by atoms with E-state index in [1.165, 1.54) is 0 Å². The molecular weight excluding hydrogens is 695 g/mol. The zero-order chi connectivity index (χ0) is 37.7. The van der Waals surface area contributed by atoms with Gasteiger partial charge in [0.2, 0.25) is 0 Å². The lowest BCUT2D eigenvalue weighted by Gasteiger charge is -2.16. The van der Waals surface area contributed by atoms with Crippen molar-refractivity contribution >= 4 is 43.6 Å². The highest BCUT2D eigenvalue weighted by molar-refractivity contribution is 6.27. The van der Waals surface area contributed by atoms with Crippen molar-refractivity contribution in [3.8, 4) is 67.4 Å². The average Bonchev–Trinajstić information content (AvgIpc) is 3.67. The van der Waals surface area contributed by atoms with E-state index in [0.717, 1.165) is 105 Å². The van der Waals surface area contributed by atoms with Crippen LogP contribution in [0.1, 0.15) is 0 Å². The van der Waals surface area contributed by atoms with Gasteiger partial charge in [-0.3, -0.25) is 0 Å². The minimum Gasteiger partial charge on any atom is -0.456 e. The maximum absolute atomic E-state index is 6.63. The van der Waals surface area contributed by atoms with Gasteiger partial charge in [0.05, 0.1) is 22.6 Å². The summed E-state index contributed by atoms with van der Waals surface area (Å²) in [6.07, 6.45) is 0. The first kappa shape index (κ1) is 32.7. The van der Waals surface area contributed by atoms with Crippen molar-refractivity contribution in [2.75, 3.05) is 0 Å². The van der Waals surface area contributed by atoms with Crippen molar-refractivity contribution in [1.29, 1.82) is 0 Å². The van der Waals surface area contributed by atoms with Gasteiger partial charge in [0.25, 0.3) is 0 Å². The fraction of sp³-hybridized carbons (Fsp3) is 0. The van der Waals surface area contributed by atoms with Crippen LogP contribution in [0.5, 0.6) is 0 Å². The Morgan fingerprint density at radius 3 is 1.58 bits per heavy atom. The maximum Gasteiger partial charge on any atom is 0.160 e. The number of nitrogens with zero attached hydrogens (tertiary/aromatic N) is 3. The summed E-state index contributed by atoms with van der Waals surface area (Å²) in [6, 6.07) is 69.6. The van der Waals surface area contributed by atoms with Gasteiger partial charge in [-0.2, -0.15) is 0 Å². The van der Waals surface area contributed by atoms with Crippen LogP contribution in [0.15, 0.2) is 205 Å². The predicted molar refractivity (Wildman–Crippen MR) is 235 cm³/mol. The number of hydrogen-bond acceptors (Lipinski definition) is 4. The SMILES string of the molecule is c1ccc(-c2cc(-c3ccccc3)nc(-c3ccc(-c4cccc(-c5c6c(cc7c(-c8ccccc8)nc8ccccc8c57)oc5ccccc56)c4)cc3)n2)cc1. The molecule has 8 aromatic carbocycles. The number of fused-ring (bicyclic) bond motifs is 6. The molecule has 3 heterocycles. The molecule has 0 amide bonds. The first-order chi connectivity index (χ1) is 28.2. The van der Waals surface area contributed by atoms with Crippen molar-refractivity contribution in [2.45, 2.75) is 0 Å². The zero-order valence-corrected chi connectivity index (χ0v) is 30.8. The fourth-order valence-electron chi connectivity index (χ4n) is 8.18. The van der Waals surface area contributed by atoms with Gasteiger partial charge in [0, 0.05) is 54.7 Å². The van der Waals surface area contributed by atoms with Crippen LogP contribution in [0.25, 0.3) is 111 Å². The Bertz CT molecular complexity index is 3210. The minimum absolute atomic E-state index is 0.690. The molecule has 3 aromatic heterocycles. The summed E-state index contributed by atoms with van der Waals surface area (Å²) in [5, 5.41) is 5.52. The minimum atomic E-state index is 0.690. The largest absolute Gasteiger partial charge is 0.456 e. The molecule has 11 aromatic rings. The molecule has 57 heavy (non-hydrogen) atoms. The van der Waals surface area contributed by atoms with Crippen LogP contribution < -0.4 is 0 Å². The van der Waals surface area contributed by atoms with Gasteiger partial charge in [0.1, 0.15) is 11.2 Å². The molecule has 0 bridgehead atoms. The van der Waals surface area contributed by atoms with Crippen LogP contribution in [0.3, 0.4) is 0 Å². The molecule has 0 spiro atoms. The number of para-hydroxylation sites is 2. The number of benzene rings is 8. The van der Waals surface area contributed by atoms with Gasteiger partial charge >= 0.3 is 0 Å². The quantitative estimate of drug-likeness (QED) is 0.160. The third-order valence-corrected chi connectivity index (χ3v) is 10.9. The summed E-state index contributed by atoms with van der Waals surface area (Å²) in [4.78, 5) is 15.4. The van der Waals surface area contributed by atoms with Crippen LogP contribution in [0.4, 0.5) is 0 Å². The van der Waals surface area contributed by atoms with Crippen LogP contribution in [0.2, 0.25) is 0 Å². The fourth-order valence-corrected chi connectivity index (χ4v) is 8.18. The molecule has 11 rings (SSSR count). The Kier molecular flexibility index (Phi) is 7.78. The van der Waals surface area contributed by atoms with Crippen molar-refractivity contribution < 1.29 is 4.42 Å². The molecule has 0 aliphatic heterocycles. The van der Waals surface area contributed by atoms with Crippen LogP contribution >= 0.6 is 0 Å². The summed E-state index contributed by atoms with van der Waals surface area (Å²) >= 11 is 0. The van der Waals surface area contributed by atoms with E-state index in [-0.39, 0.29) is 0 Å². The lowest BCUT2D eigenvalue weighted by Crippen LogP contribution is -1.96. The first-order valence-corrected chi connectivity index (χ1v) is 19.2. The molecule has 0 aliphatic rings. The van der Waals surface area contributed by atoms with Crippen LogP contribution in [-0.2, 0) is 0 Å². The molecule has 266 valence electrons. The molecule has 0 N–H and O–H groups in total. The maximum atomic E-state index is 6.63. The van der Waals surface area contributed by atoms with E-state index in [9.17, 15) is 0 Å². The van der Waals surface area contributed by atoms with E-state index in [4.69, 9.17) is 19.4 Å². The van der Waals surface area contributed by atoms with E-state index in [2.05, 4.69) is 152 Å². The number of hydrogen-bond donors (Lipinski definition) is 0. The second-order valence-electron chi connectivity index (χ2n) is 14.3. The van der Waals surface area contributed by atoms with Crippen molar-refractivity contribution in [3.05, 3.63) is 200 Å². The molecule has 0 fully saturated rings. The molecule has 4 heteroatoms. The van der Waals surface area contributed by atoms with Gasteiger partial charge in [-0.25, -0.2) is 15.0 Å². The Hall–Kier alpha value is -7.69. The number of rotatable bonds is 6. The van der Waals surface area contributed by atoms with Crippen molar-refractivity contribution in [2.24, 2.45) is 0 Å². The van der Waals surface area contributed by atoms with Gasteiger partial charge in [0.15, 0.2) is 5.82 Å². The average molecular weight is 728 g/mol. The standard InChI is InChI=1S/C53H33N3O/c1-4-15-35(16-5-1)45-33-46(36-17-6-2-7-18-36)56-53(55-45)38-29-27-34(28-30-38)39-21-14-22-40(31-39)49-50-41-23-10-12-25-44(41)54-52(37-19-8-3-9-20-37)43(50)32-48-51(49)42-24-11-13-26-47(42)57-48/h1-33H. The highest BCUT2D eigenvalue weighted by Gasteiger charge is 2.22. The molecule has 0 radical (unpaired) electrons. The zero-order valence-electron chi connectivity index (χ0n) is 30.8. The van der Waals surface area contributed by atoms with Crippen LogP contribution in [0, 0.1) is 0 Å². The van der Waals surface area contributed by atoms with Crippen molar-refractivity contribution in [3.63, 3.8) is 0 Å². The van der Waals surface area contributed by atoms with Gasteiger partial charge in [-0.1, -0.05) is 170 Å². The Balaban J connectivity index is 1.09. The summed E-state index contributed by atoms with van der Waals surface area (Å²) < 4.78 is 6.63. The topological polar surface area (TPSA) is 51.8 Å². The predicted octanol–water partition coefficient (Wildman–Crippen LogP) is 14.1. The highest BCUT2D eigenvalue weighted by Crippen LogP contribution is 2.46. The summed E-state index contributed by atoms with van der Waals surface area (Å²) in [7, 11) is 0. The molecule has 0 unspecified atom stereocenters. The monoisotopic (exact) mass is 727 g/mol. The van der Waals surface area contributed by atoms with E-state index in [1.807, 2.05) is 48.5 Å². The molecule has 4 nitrogen and oxygen atoms in total. The molecule has 0 atom stereocenters. The normalized spacial score (nSPS) is 11.5. The molecule has 0 saturated heterocycles. The number of furan rings is 1. The third kappa shape index (κ3) is 5.74. The van der Waals surface area contributed by atoms with Crippen molar-refractivity contribution in [1.82, 2.24) is 15.0 Å². The van der Waals surface area contributed by atoms with E-state index >= 15 is 0 Å². The second kappa shape index (κ2) is 13.6. The summed E-state index contributed by atoms with van der Waals surface area (Å²) in [5.74, 6) is 0.690. The lowest BCUT2D eigenvalue weighted by atomic mass is 9.88. The Morgan fingerprint density at radius 2 is 0.877 bits per heavy atom. The first-order valence-electron chi connectivity index (χ1n) is 19.2. The summed E-state index contributed by atoms with van der Waals surface area (Å²) in [5.41, 5.74) is 14.0. The molecular formula is C53H33N3O. The van der Waals surface area contributed by atoms with E-state index in [1.54, 1.807) is 0 Å². The van der Waals surface area contributed by atoms with E-state index < -0.39 is 0 Å². The number of aromatic nitrogens is 3. The van der Waals surface area contributed by atoms with Crippen LogP contribution in [-0.4, -0.2) is 15.0 Å². The highest BCUT2D eigenvalue weighted by atomic mass is 16.3. The molecule has 0 aliphatic carbocycles. The smallest absolute Gasteiger partial charge is 0.160 e. The lowest BCUT2D eigenvalue weighted by molar-refractivity contribution is 0.669. The Morgan fingerprint density at radius 1 is 0.316 bits per heavy atom.